The van der Waals surface area contributed by atoms with Crippen LogP contribution >= 0.6 is 11.3 Å². The van der Waals surface area contributed by atoms with Gasteiger partial charge in [-0.2, -0.15) is 0 Å². The maximum Gasteiger partial charge on any atom is 0.292 e. The molecule has 2 aromatic rings. The fourth-order valence-corrected chi connectivity index (χ4v) is 3.42. The van der Waals surface area contributed by atoms with E-state index in [-0.39, 0.29) is 16.7 Å². The molecule has 0 saturated heterocycles. The lowest BCUT2D eigenvalue weighted by Gasteiger charge is -2.19. The van der Waals surface area contributed by atoms with Crippen LogP contribution in [0.15, 0.2) is 29.6 Å². The highest BCUT2D eigenvalue weighted by Gasteiger charge is 2.34. The summed E-state index contributed by atoms with van der Waals surface area (Å²) in [7, 11) is 0. The van der Waals surface area contributed by atoms with Gasteiger partial charge in [0.15, 0.2) is 0 Å². The smallest absolute Gasteiger partial charge is 0.292 e. The van der Waals surface area contributed by atoms with Gasteiger partial charge in [0.2, 0.25) is 0 Å². The number of nitro groups is 1. The average Bonchev–Trinajstić information content (AvgIpc) is 3.13. The third-order valence-corrected chi connectivity index (χ3v) is 5.02. The van der Waals surface area contributed by atoms with Crippen molar-refractivity contribution in [2.24, 2.45) is 5.92 Å². The van der Waals surface area contributed by atoms with E-state index in [9.17, 15) is 10.1 Å². The summed E-state index contributed by atoms with van der Waals surface area (Å²) in [6.45, 7) is 3.89. The molecule has 0 bridgehead atoms. The molecular formula is C16H18N2O2S. The number of benzene rings is 1. The zero-order chi connectivity index (χ0) is 15.0. The maximum atomic E-state index is 11.3. The minimum Gasteiger partial charge on any atom is -0.372 e. The Morgan fingerprint density at radius 3 is 2.62 bits per heavy atom. The van der Waals surface area contributed by atoms with Crippen LogP contribution in [0.5, 0.6) is 0 Å². The lowest BCUT2D eigenvalue weighted by atomic mass is 10.1. The molecule has 1 aromatic carbocycles. The fraction of sp³-hybridized carbons (Fsp3) is 0.375. The van der Waals surface area contributed by atoms with Crippen molar-refractivity contribution >= 4 is 22.7 Å². The van der Waals surface area contributed by atoms with Crippen LogP contribution < -0.4 is 5.32 Å². The lowest BCUT2D eigenvalue weighted by molar-refractivity contribution is -0.384. The topological polar surface area (TPSA) is 55.2 Å². The van der Waals surface area contributed by atoms with Crippen molar-refractivity contribution in [1.29, 1.82) is 0 Å². The highest BCUT2D eigenvalue weighted by Crippen LogP contribution is 2.45. The first kappa shape index (κ1) is 14.1. The van der Waals surface area contributed by atoms with Gasteiger partial charge < -0.3 is 5.32 Å². The van der Waals surface area contributed by atoms with Gasteiger partial charge >= 0.3 is 0 Å². The molecule has 4 nitrogen and oxygen atoms in total. The van der Waals surface area contributed by atoms with Crippen LogP contribution in [0.4, 0.5) is 11.4 Å². The Hall–Kier alpha value is -1.88. The second kappa shape index (κ2) is 5.48. The lowest BCUT2D eigenvalue weighted by Crippen LogP contribution is -2.13. The van der Waals surface area contributed by atoms with Crippen molar-refractivity contribution in [1.82, 2.24) is 0 Å². The highest BCUT2D eigenvalue weighted by molar-refractivity contribution is 7.10. The van der Waals surface area contributed by atoms with E-state index in [1.165, 1.54) is 17.7 Å². The number of aryl methyl sites for hydroxylation is 2. The monoisotopic (exact) mass is 302 g/mol. The normalized spacial score (nSPS) is 15.7. The van der Waals surface area contributed by atoms with E-state index < -0.39 is 0 Å². The Morgan fingerprint density at radius 1 is 1.33 bits per heavy atom. The number of rotatable bonds is 5. The van der Waals surface area contributed by atoms with Crippen LogP contribution in [0.25, 0.3) is 0 Å². The Morgan fingerprint density at radius 2 is 2.05 bits per heavy atom. The van der Waals surface area contributed by atoms with Crippen LogP contribution in [0.3, 0.4) is 0 Å². The number of nitrogens with one attached hydrogen (secondary N) is 1. The van der Waals surface area contributed by atoms with Crippen molar-refractivity contribution in [2.75, 3.05) is 5.32 Å². The van der Waals surface area contributed by atoms with E-state index in [4.69, 9.17) is 0 Å². The summed E-state index contributed by atoms with van der Waals surface area (Å²) >= 11 is 1.71. The number of nitrogens with zero attached hydrogens (tertiary/aromatic N) is 1. The SMILES string of the molecule is Cc1cc(NC(c2cccs2)C2CC2)c([N+](=O)[O-])cc1C. The van der Waals surface area contributed by atoms with Crippen molar-refractivity contribution in [3.63, 3.8) is 0 Å². The molecule has 1 atom stereocenters. The van der Waals surface area contributed by atoms with Crippen LogP contribution in [0.2, 0.25) is 0 Å². The van der Waals surface area contributed by atoms with E-state index in [0.29, 0.717) is 11.6 Å². The fourth-order valence-electron chi connectivity index (χ4n) is 2.55. The summed E-state index contributed by atoms with van der Waals surface area (Å²) in [5, 5.41) is 16.8. The van der Waals surface area contributed by atoms with Gasteiger partial charge in [0, 0.05) is 10.9 Å². The van der Waals surface area contributed by atoms with Gasteiger partial charge in [0.25, 0.3) is 5.69 Å². The molecule has 0 radical (unpaired) electrons. The second-order valence-electron chi connectivity index (χ2n) is 5.69. The van der Waals surface area contributed by atoms with Gasteiger partial charge in [-0.25, -0.2) is 0 Å². The van der Waals surface area contributed by atoms with Crippen LogP contribution in [0.1, 0.15) is 34.9 Å². The van der Waals surface area contributed by atoms with E-state index in [2.05, 4.69) is 16.8 Å². The summed E-state index contributed by atoms with van der Waals surface area (Å²) in [6.07, 6.45) is 2.38. The van der Waals surface area contributed by atoms with Crippen molar-refractivity contribution in [3.8, 4) is 0 Å². The maximum absolute atomic E-state index is 11.3. The van der Waals surface area contributed by atoms with E-state index >= 15 is 0 Å². The molecule has 1 heterocycles. The molecule has 1 fully saturated rings. The van der Waals surface area contributed by atoms with E-state index in [0.717, 1.165) is 11.1 Å². The third-order valence-electron chi connectivity index (χ3n) is 4.06. The Kier molecular flexibility index (Phi) is 3.68. The summed E-state index contributed by atoms with van der Waals surface area (Å²) in [6, 6.07) is 7.89. The summed E-state index contributed by atoms with van der Waals surface area (Å²) in [4.78, 5) is 12.3. The van der Waals surface area contributed by atoms with Crippen molar-refractivity contribution < 1.29 is 4.92 Å². The number of hydrogen-bond acceptors (Lipinski definition) is 4. The number of hydrogen-bond donors (Lipinski definition) is 1. The predicted molar refractivity (Wildman–Crippen MR) is 86.0 cm³/mol. The molecule has 1 N–H and O–H groups in total. The average molecular weight is 302 g/mol. The molecule has 21 heavy (non-hydrogen) atoms. The van der Waals surface area contributed by atoms with Gasteiger partial charge in [-0.05, 0) is 61.2 Å². The Labute approximate surface area is 128 Å². The molecular weight excluding hydrogens is 284 g/mol. The zero-order valence-electron chi connectivity index (χ0n) is 12.1. The molecule has 3 rings (SSSR count). The van der Waals surface area contributed by atoms with Gasteiger partial charge in [0.05, 0.1) is 11.0 Å². The summed E-state index contributed by atoms with van der Waals surface area (Å²) in [5.41, 5.74) is 2.82. The molecule has 1 aliphatic carbocycles. The van der Waals surface area contributed by atoms with Crippen LogP contribution in [-0.4, -0.2) is 4.92 Å². The molecule has 0 aliphatic heterocycles. The first-order valence-electron chi connectivity index (χ1n) is 7.12. The summed E-state index contributed by atoms with van der Waals surface area (Å²) in [5.74, 6) is 0.588. The van der Waals surface area contributed by atoms with E-state index in [1.807, 2.05) is 26.0 Å². The largest absolute Gasteiger partial charge is 0.372 e. The molecule has 0 amide bonds. The Balaban J connectivity index is 1.96. The van der Waals surface area contributed by atoms with E-state index in [1.54, 1.807) is 17.4 Å². The predicted octanol–water partition coefficient (Wildman–Crippen LogP) is 4.84. The molecule has 0 spiro atoms. The van der Waals surface area contributed by atoms with Gasteiger partial charge in [-0.3, -0.25) is 10.1 Å². The van der Waals surface area contributed by atoms with Crippen LogP contribution in [-0.2, 0) is 0 Å². The minimum absolute atomic E-state index is 0.167. The number of anilines is 1. The molecule has 1 saturated carbocycles. The molecule has 5 heteroatoms. The summed E-state index contributed by atoms with van der Waals surface area (Å²) < 4.78 is 0. The number of thiophene rings is 1. The van der Waals surface area contributed by atoms with Gasteiger partial charge in [-0.15, -0.1) is 11.3 Å². The van der Waals surface area contributed by atoms with Crippen LogP contribution in [0, 0.1) is 29.9 Å². The zero-order valence-corrected chi connectivity index (χ0v) is 12.9. The second-order valence-corrected chi connectivity index (χ2v) is 6.66. The third kappa shape index (κ3) is 2.93. The molecule has 1 aromatic heterocycles. The van der Waals surface area contributed by atoms with Crippen molar-refractivity contribution in [2.45, 2.75) is 32.7 Å². The first-order valence-corrected chi connectivity index (χ1v) is 8.00. The number of nitro benzene ring substituents is 1. The highest BCUT2D eigenvalue weighted by atomic mass is 32.1. The quantitative estimate of drug-likeness (QED) is 0.635. The van der Waals surface area contributed by atoms with Crippen molar-refractivity contribution in [3.05, 3.63) is 55.8 Å². The molecule has 1 aliphatic rings. The Bertz CT molecular complexity index is 663. The van der Waals surface area contributed by atoms with Gasteiger partial charge in [-0.1, -0.05) is 6.07 Å². The minimum atomic E-state index is -0.298. The first-order chi connectivity index (χ1) is 10.1. The molecule has 110 valence electrons. The van der Waals surface area contributed by atoms with Gasteiger partial charge in [0.1, 0.15) is 5.69 Å². The molecule has 1 unspecified atom stereocenters. The standard InChI is InChI=1S/C16H18N2O2S/c1-10-8-13(14(18(19)20)9-11(10)2)17-16(12-5-6-12)15-4-3-7-21-15/h3-4,7-9,12,16-17H,5-6H2,1-2H3.